The van der Waals surface area contributed by atoms with Gasteiger partial charge in [0, 0.05) is 12.2 Å². The van der Waals surface area contributed by atoms with E-state index in [1.807, 2.05) is 43.3 Å². The lowest BCUT2D eigenvalue weighted by atomic mass is 10.1. The first-order valence-corrected chi connectivity index (χ1v) is 5.19. The Morgan fingerprint density at radius 2 is 1.82 bits per heavy atom. The second-order valence-electron chi connectivity index (χ2n) is 3.65. The van der Waals surface area contributed by atoms with Crippen LogP contribution in [0.4, 0.5) is 0 Å². The van der Waals surface area contributed by atoms with E-state index in [4.69, 9.17) is 10.5 Å². The number of benzene rings is 1. The standard InChI is InChI=1S/C13H14N2O.ClH/c1-10(14)11-4-6-12(7-5-11)16-13-3-2-8-15-9-13;/h2-10H,14H2,1H3;1H/t10-;/m0./s1. The predicted molar refractivity (Wildman–Crippen MR) is 70.6 cm³/mol. The van der Waals surface area contributed by atoms with Crippen LogP contribution in [0.3, 0.4) is 0 Å². The number of aromatic nitrogens is 1. The number of rotatable bonds is 3. The number of hydrogen-bond donors (Lipinski definition) is 1. The lowest BCUT2D eigenvalue weighted by Gasteiger charge is -2.08. The molecular formula is C13H15ClN2O. The zero-order chi connectivity index (χ0) is 11.4. The van der Waals surface area contributed by atoms with Crippen LogP contribution in [0.25, 0.3) is 0 Å². The molecule has 0 unspecified atom stereocenters. The number of halogens is 1. The number of nitrogens with zero attached hydrogens (tertiary/aromatic N) is 1. The minimum Gasteiger partial charge on any atom is -0.456 e. The summed E-state index contributed by atoms with van der Waals surface area (Å²) in [5, 5.41) is 0. The Hall–Kier alpha value is -1.58. The Labute approximate surface area is 107 Å². The summed E-state index contributed by atoms with van der Waals surface area (Å²) in [4.78, 5) is 3.98. The van der Waals surface area contributed by atoms with Crippen molar-refractivity contribution in [2.75, 3.05) is 0 Å². The highest BCUT2D eigenvalue weighted by Crippen LogP contribution is 2.21. The number of nitrogens with two attached hydrogens (primary N) is 1. The maximum Gasteiger partial charge on any atom is 0.145 e. The topological polar surface area (TPSA) is 48.1 Å². The molecule has 2 N–H and O–H groups in total. The van der Waals surface area contributed by atoms with Crippen LogP contribution in [0, 0.1) is 0 Å². The van der Waals surface area contributed by atoms with Gasteiger partial charge in [0.15, 0.2) is 0 Å². The van der Waals surface area contributed by atoms with Gasteiger partial charge in [-0.1, -0.05) is 12.1 Å². The van der Waals surface area contributed by atoms with Crippen LogP contribution in [-0.4, -0.2) is 4.98 Å². The van der Waals surface area contributed by atoms with E-state index in [0.29, 0.717) is 0 Å². The summed E-state index contributed by atoms with van der Waals surface area (Å²) in [6.45, 7) is 1.96. The van der Waals surface area contributed by atoms with E-state index >= 15 is 0 Å². The van der Waals surface area contributed by atoms with Gasteiger partial charge in [-0.15, -0.1) is 12.4 Å². The summed E-state index contributed by atoms with van der Waals surface area (Å²) in [6, 6.07) is 11.5. The SMILES string of the molecule is C[C@H](N)c1ccc(Oc2cccnc2)cc1.Cl. The zero-order valence-corrected chi connectivity index (χ0v) is 10.4. The van der Waals surface area contributed by atoms with E-state index < -0.39 is 0 Å². The molecule has 3 nitrogen and oxygen atoms in total. The molecule has 0 aliphatic rings. The van der Waals surface area contributed by atoms with Gasteiger partial charge in [0.2, 0.25) is 0 Å². The summed E-state index contributed by atoms with van der Waals surface area (Å²) in [5.74, 6) is 1.52. The first kappa shape index (κ1) is 13.5. The normalized spacial score (nSPS) is 11.4. The third-order valence-electron chi connectivity index (χ3n) is 2.28. The van der Waals surface area contributed by atoms with Gasteiger partial charge in [0.25, 0.3) is 0 Å². The van der Waals surface area contributed by atoms with Crippen molar-refractivity contribution in [2.45, 2.75) is 13.0 Å². The quantitative estimate of drug-likeness (QED) is 0.909. The zero-order valence-electron chi connectivity index (χ0n) is 9.54. The van der Waals surface area contributed by atoms with Gasteiger partial charge < -0.3 is 10.5 Å². The van der Waals surface area contributed by atoms with Gasteiger partial charge >= 0.3 is 0 Å². The summed E-state index contributed by atoms with van der Waals surface area (Å²) in [7, 11) is 0. The minimum atomic E-state index is 0. The van der Waals surface area contributed by atoms with Crippen molar-refractivity contribution in [1.29, 1.82) is 0 Å². The lowest BCUT2D eigenvalue weighted by molar-refractivity contribution is 0.480. The Morgan fingerprint density at radius 1 is 1.12 bits per heavy atom. The molecule has 1 aromatic carbocycles. The molecule has 1 atom stereocenters. The van der Waals surface area contributed by atoms with Gasteiger partial charge in [-0.25, -0.2) is 0 Å². The van der Waals surface area contributed by atoms with Crippen LogP contribution in [0.1, 0.15) is 18.5 Å². The molecule has 2 rings (SSSR count). The second-order valence-corrected chi connectivity index (χ2v) is 3.65. The highest BCUT2D eigenvalue weighted by Gasteiger charge is 2.00. The largest absolute Gasteiger partial charge is 0.456 e. The molecule has 0 saturated carbocycles. The molecule has 0 fully saturated rings. The molecule has 0 aliphatic carbocycles. The second kappa shape index (κ2) is 6.23. The van der Waals surface area contributed by atoms with E-state index in [2.05, 4.69) is 4.98 Å². The van der Waals surface area contributed by atoms with Crippen molar-refractivity contribution in [1.82, 2.24) is 4.98 Å². The van der Waals surface area contributed by atoms with E-state index in [1.165, 1.54) is 0 Å². The smallest absolute Gasteiger partial charge is 0.145 e. The Bertz CT molecular complexity index is 443. The van der Waals surface area contributed by atoms with E-state index in [9.17, 15) is 0 Å². The Kier molecular flexibility index (Phi) is 4.94. The van der Waals surface area contributed by atoms with Gasteiger partial charge in [0.05, 0.1) is 6.20 Å². The van der Waals surface area contributed by atoms with Crippen LogP contribution in [0.2, 0.25) is 0 Å². The first-order valence-electron chi connectivity index (χ1n) is 5.19. The van der Waals surface area contributed by atoms with E-state index in [1.54, 1.807) is 12.4 Å². The van der Waals surface area contributed by atoms with Crippen LogP contribution in [0.15, 0.2) is 48.8 Å². The third-order valence-corrected chi connectivity index (χ3v) is 2.28. The number of hydrogen-bond acceptors (Lipinski definition) is 3. The van der Waals surface area contributed by atoms with Gasteiger partial charge in [-0.05, 0) is 36.8 Å². The van der Waals surface area contributed by atoms with Crippen molar-refractivity contribution in [3.05, 3.63) is 54.4 Å². The predicted octanol–water partition coefficient (Wildman–Crippen LogP) is 3.32. The fourth-order valence-electron chi connectivity index (χ4n) is 1.38. The van der Waals surface area contributed by atoms with E-state index in [-0.39, 0.29) is 18.4 Å². The van der Waals surface area contributed by atoms with Gasteiger partial charge in [-0.2, -0.15) is 0 Å². The fraction of sp³-hybridized carbons (Fsp3) is 0.154. The van der Waals surface area contributed by atoms with Crippen molar-refractivity contribution in [3.8, 4) is 11.5 Å². The Morgan fingerprint density at radius 3 is 2.35 bits per heavy atom. The van der Waals surface area contributed by atoms with Crippen LogP contribution in [0.5, 0.6) is 11.5 Å². The molecule has 1 aromatic heterocycles. The summed E-state index contributed by atoms with van der Waals surface area (Å²) >= 11 is 0. The van der Waals surface area contributed by atoms with Crippen LogP contribution >= 0.6 is 12.4 Å². The van der Waals surface area contributed by atoms with Crippen LogP contribution in [-0.2, 0) is 0 Å². The molecule has 0 bridgehead atoms. The fourth-order valence-corrected chi connectivity index (χ4v) is 1.38. The van der Waals surface area contributed by atoms with Crippen LogP contribution < -0.4 is 10.5 Å². The molecule has 2 aromatic rings. The molecule has 0 aliphatic heterocycles. The minimum absolute atomic E-state index is 0. The highest BCUT2D eigenvalue weighted by molar-refractivity contribution is 5.85. The molecule has 90 valence electrons. The molecule has 0 amide bonds. The van der Waals surface area contributed by atoms with E-state index in [0.717, 1.165) is 17.1 Å². The molecule has 17 heavy (non-hydrogen) atoms. The van der Waals surface area contributed by atoms with Crippen molar-refractivity contribution >= 4 is 12.4 Å². The number of pyridine rings is 1. The lowest BCUT2D eigenvalue weighted by Crippen LogP contribution is -2.04. The van der Waals surface area contributed by atoms with Crippen molar-refractivity contribution in [3.63, 3.8) is 0 Å². The summed E-state index contributed by atoms with van der Waals surface area (Å²) < 4.78 is 5.61. The maximum absolute atomic E-state index is 5.77. The molecule has 1 heterocycles. The monoisotopic (exact) mass is 250 g/mol. The molecule has 0 spiro atoms. The maximum atomic E-state index is 5.77. The average molecular weight is 251 g/mol. The van der Waals surface area contributed by atoms with Crippen molar-refractivity contribution < 1.29 is 4.74 Å². The molecule has 0 saturated heterocycles. The van der Waals surface area contributed by atoms with Gasteiger partial charge in [0.1, 0.15) is 11.5 Å². The Balaban J connectivity index is 0.00000144. The first-order chi connectivity index (χ1) is 7.75. The molecular weight excluding hydrogens is 236 g/mol. The summed E-state index contributed by atoms with van der Waals surface area (Å²) in [5.41, 5.74) is 6.86. The highest BCUT2D eigenvalue weighted by atomic mass is 35.5. The number of ether oxygens (including phenoxy) is 1. The third kappa shape index (κ3) is 3.73. The van der Waals surface area contributed by atoms with Crippen molar-refractivity contribution in [2.24, 2.45) is 5.73 Å². The average Bonchev–Trinajstić information content (AvgIpc) is 2.31. The van der Waals surface area contributed by atoms with Gasteiger partial charge in [-0.3, -0.25) is 4.98 Å². The molecule has 4 heteroatoms. The molecule has 0 radical (unpaired) electrons. The summed E-state index contributed by atoms with van der Waals surface area (Å²) in [6.07, 6.45) is 3.39.